The maximum atomic E-state index is 13.2. The van der Waals surface area contributed by atoms with Crippen molar-refractivity contribution >= 4 is 11.9 Å². The smallest absolute Gasteiger partial charge is 0.312 e. The third-order valence-electron chi connectivity index (χ3n) is 6.12. The summed E-state index contributed by atoms with van der Waals surface area (Å²) in [6.45, 7) is 4.02. The highest BCUT2D eigenvalue weighted by molar-refractivity contribution is 5.94. The fraction of sp³-hybridized carbons (Fsp3) is 0.476. The second-order valence-electron chi connectivity index (χ2n) is 8.06. The lowest BCUT2D eigenvalue weighted by molar-refractivity contribution is -0.150. The van der Waals surface area contributed by atoms with Gasteiger partial charge in [0.15, 0.2) is 0 Å². The van der Waals surface area contributed by atoms with Crippen LogP contribution in [-0.4, -0.2) is 43.7 Å². The van der Waals surface area contributed by atoms with E-state index >= 15 is 0 Å². The normalized spacial score (nSPS) is 26.7. The van der Waals surface area contributed by atoms with Gasteiger partial charge in [-0.3, -0.25) is 14.3 Å². The molecule has 0 unspecified atom stereocenters. The molecule has 2 bridgehead atoms. The zero-order chi connectivity index (χ0) is 19.2. The molecular weight excluding hydrogens is 342 g/mol. The summed E-state index contributed by atoms with van der Waals surface area (Å²) in [4.78, 5) is 27.3. The largest absolute Gasteiger partial charge is 0.481 e. The van der Waals surface area contributed by atoms with Crippen molar-refractivity contribution in [3.05, 3.63) is 53.9 Å². The van der Waals surface area contributed by atoms with Gasteiger partial charge in [-0.25, -0.2) is 0 Å². The molecule has 1 aromatic heterocycles. The van der Waals surface area contributed by atoms with Crippen LogP contribution in [0.25, 0.3) is 0 Å². The van der Waals surface area contributed by atoms with Crippen molar-refractivity contribution in [1.29, 1.82) is 0 Å². The number of amides is 1. The molecule has 6 nitrogen and oxygen atoms in total. The Labute approximate surface area is 158 Å². The minimum absolute atomic E-state index is 0.0217. The van der Waals surface area contributed by atoms with Crippen molar-refractivity contribution < 1.29 is 14.7 Å². The van der Waals surface area contributed by atoms with Gasteiger partial charge in [0.1, 0.15) is 5.69 Å². The van der Waals surface area contributed by atoms with Crippen molar-refractivity contribution in [3.63, 3.8) is 0 Å². The highest BCUT2D eigenvalue weighted by atomic mass is 16.4. The Kier molecular flexibility index (Phi) is 4.29. The Hall–Kier alpha value is -2.63. The van der Waals surface area contributed by atoms with Gasteiger partial charge in [0.05, 0.1) is 5.41 Å². The Balaban J connectivity index is 1.64. The molecule has 0 radical (unpaired) electrons. The van der Waals surface area contributed by atoms with Gasteiger partial charge in [0.25, 0.3) is 5.91 Å². The zero-order valence-corrected chi connectivity index (χ0v) is 15.7. The molecule has 1 N–H and O–H groups in total. The minimum atomic E-state index is -0.916. The van der Waals surface area contributed by atoms with Gasteiger partial charge < -0.3 is 10.0 Å². The average molecular weight is 367 g/mol. The molecule has 2 fully saturated rings. The third-order valence-corrected chi connectivity index (χ3v) is 6.12. The first-order valence-corrected chi connectivity index (χ1v) is 9.57. The number of carboxylic acids is 1. The van der Waals surface area contributed by atoms with Gasteiger partial charge in [0.2, 0.25) is 0 Å². The van der Waals surface area contributed by atoms with E-state index in [9.17, 15) is 14.7 Å². The standard InChI is InChI=1S/C21H25N3O3/c1-14(2)23-11-10-17(22-23)19(25)24-16-8-9-18(24)21(13-16,20(26)27)12-15-6-4-3-5-7-15/h3-7,10-11,14,16,18H,8-9,12-13H2,1-2H3,(H,26,27)/t16-,18+,21+/m0/s1. The third kappa shape index (κ3) is 2.83. The van der Waals surface area contributed by atoms with Crippen LogP contribution in [-0.2, 0) is 11.2 Å². The molecule has 27 heavy (non-hydrogen) atoms. The highest BCUT2D eigenvalue weighted by Crippen LogP contribution is 2.52. The number of rotatable bonds is 5. The molecule has 0 saturated carbocycles. The number of carboxylic acid groups (broad SMARTS) is 1. The summed E-state index contributed by atoms with van der Waals surface area (Å²) in [6, 6.07) is 11.3. The van der Waals surface area contributed by atoms with Gasteiger partial charge in [-0.2, -0.15) is 5.10 Å². The number of hydrogen-bond donors (Lipinski definition) is 1. The molecule has 2 aliphatic heterocycles. The summed E-state index contributed by atoms with van der Waals surface area (Å²) in [5.74, 6) is -0.942. The molecule has 4 rings (SSSR count). The quantitative estimate of drug-likeness (QED) is 0.881. The Morgan fingerprint density at radius 3 is 2.59 bits per heavy atom. The van der Waals surface area contributed by atoms with E-state index in [2.05, 4.69) is 5.10 Å². The van der Waals surface area contributed by atoms with E-state index in [1.54, 1.807) is 10.7 Å². The lowest BCUT2D eigenvalue weighted by Gasteiger charge is -2.33. The van der Waals surface area contributed by atoms with E-state index in [-0.39, 0.29) is 24.0 Å². The molecule has 3 heterocycles. The predicted molar refractivity (Wildman–Crippen MR) is 100 cm³/mol. The maximum Gasteiger partial charge on any atom is 0.312 e. The first-order chi connectivity index (χ1) is 12.9. The zero-order valence-electron chi connectivity index (χ0n) is 15.7. The van der Waals surface area contributed by atoms with Gasteiger partial charge >= 0.3 is 5.97 Å². The maximum absolute atomic E-state index is 13.2. The molecule has 1 amide bonds. The van der Waals surface area contributed by atoms with Crippen molar-refractivity contribution in [1.82, 2.24) is 14.7 Å². The molecule has 0 aliphatic carbocycles. The molecule has 2 aliphatic rings. The Bertz CT molecular complexity index is 861. The topological polar surface area (TPSA) is 75.4 Å². The van der Waals surface area contributed by atoms with Gasteiger partial charge in [0, 0.05) is 24.3 Å². The van der Waals surface area contributed by atoms with Crippen LogP contribution in [0.1, 0.15) is 55.2 Å². The fourth-order valence-electron chi connectivity index (χ4n) is 4.82. The van der Waals surface area contributed by atoms with Crippen molar-refractivity contribution in [2.45, 2.75) is 57.7 Å². The first-order valence-electron chi connectivity index (χ1n) is 9.57. The van der Waals surface area contributed by atoms with Crippen LogP contribution in [0.5, 0.6) is 0 Å². The first kappa shape index (κ1) is 17.8. The fourth-order valence-corrected chi connectivity index (χ4v) is 4.82. The number of fused-ring (bicyclic) bond motifs is 2. The van der Waals surface area contributed by atoms with Crippen LogP contribution in [0.2, 0.25) is 0 Å². The van der Waals surface area contributed by atoms with Crippen LogP contribution in [0, 0.1) is 5.41 Å². The van der Waals surface area contributed by atoms with Crippen molar-refractivity contribution in [3.8, 4) is 0 Å². The van der Waals surface area contributed by atoms with Crippen LogP contribution < -0.4 is 0 Å². The monoisotopic (exact) mass is 367 g/mol. The number of nitrogens with zero attached hydrogens (tertiary/aromatic N) is 3. The molecule has 3 atom stereocenters. The van der Waals surface area contributed by atoms with Gasteiger partial charge in [-0.05, 0) is 51.2 Å². The average Bonchev–Trinajstić information content (AvgIpc) is 3.36. The van der Waals surface area contributed by atoms with Crippen LogP contribution in [0.3, 0.4) is 0 Å². The molecule has 1 aromatic carbocycles. The van der Waals surface area contributed by atoms with Crippen LogP contribution in [0.15, 0.2) is 42.6 Å². The number of hydrogen-bond acceptors (Lipinski definition) is 3. The van der Waals surface area contributed by atoms with E-state index < -0.39 is 11.4 Å². The second-order valence-corrected chi connectivity index (χ2v) is 8.06. The summed E-state index contributed by atoms with van der Waals surface area (Å²) in [5.41, 5.74) is 0.492. The summed E-state index contributed by atoms with van der Waals surface area (Å²) < 4.78 is 1.76. The van der Waals surface area contributed by atoms with E-state index in [4.69, 9.17) is 0 Å². The summed E-state index contributed by atoms with van der Waals surface area (Å²) in [5, 5.41) is 14.5. The van der Waals surface area contributed by atoms with Gasteiger partial charge in [-0.1, -0.05) is 30.3 Å². The number of carbonyl (C=O) groups excluding carboxylic acids is 1. The lowest BCUT2D eigenvalue weighted by Crippen LogP contribution is -2.46. The molecule has 6 heteroatoms. The SMILES string of the molecule is CC(C)n1ccc(C(=O)N2[C@H]3CC[C@@H]2[C@](Cc2ccccc2)(C(=O)O)C3)n1. The Morgan fingerprint density at radius 2 is 1.96 bits per heavy atom. The van der Waals surface area contributed by atoms with Crippen molar-refractivity contribution in [2.75, 3.05) is 0 Å². The van der Waals surface area contributed by atoms with E-state index in [0.29, 0.717) is 18.5 Å². The van der Waals surface area contributed by atoms with Gasteiger partial charge in [-0.15, -0.1) is 0 Å². The number of aliphatic carboxylic acids is 1. The number of aromatic nitrogens is 2. The van der Waals surface area contributed by atoms with Crippen LogP contribution >= 0.6 is 0 Å². The van der Waals surface area contributed by atoms with Crippen LogP contribution in [0.4, 0.5) is 0 Å². The van der Waals surface area contributed by atoms with E-state index in [0.717, 1.165) is 18.4 Å². The molecule has 2 aromatic rings. The second kappa shape index (κ2) is 6.51. The Morgan fingerprint density at radius 1 is 1.22 bits per heavy atom. The lowest BCUT2D eigenvalue weighted by atomic mass is 9.70. The van der Waals surface area contributed by atoms with Crippen molar-refractivity contribution in [2.24, 2.45) is 5.41 Å². The predicted octanol–water partition coefficient (Wildman–Crippen LogP) is 3.15. The summed E-state index contributed by atoms with van der Waals surface area (Å²) >= 11 is 0. The number of benzene rings is 1. The minimum Gasteiger partial charge on any atom is -0.481 e. The van der Waals surface area contributed by atoms with E-state index in [1.807, 2.05) is 55.3 Å². The van der Waals surface area contributed by atoms with E-state index in [1.165, 1.54) is 0 Å². The summed E-state index contributed by atoms with van der Waals surface area (Å²) in [6.07, 6.45) is 4.38. The molecule has 142 valence electrons. The number of carbonyl (C=O) groups is 2. The molecule has 2 saturated heterocycles. The molecular formula is C21H25N3O3. The highest BCUT2D eigenvalue weighted by Gasteiger charge is 2.61. The molecule has 0 spiro atoms. The summed E-state index contributed by atoms with van der Waals surface area (Å²) in [7, 11) is 0.